The zero-order chi connectivity index (χ0) is 21.8. The Balaban J connectivity index is 1.41. The number of benzene rings is 3. The highest BCUT2D eigenvalue weighted by atomic mass is 16.4. The van der Waals surface area contributed by atoms with E-state index in [0.29, 0.717) is 28.0 Å². The van der Waals surface area contributed by atoms with Crippen molar-refractivity contribution in [3.63, 3.8) is 0 Å². The van der Waals surface area contributed by atoms with Gasteiger partial charge < -0.3 is 4.42 Å². The van der Waals surface area contributed by atoms with E-state index < -0.39 is 5.63 Å². The lowest BCUT2D eigenvalue weighted by Gasteiger charge is -2.16. The molecule has 1 aromatic heterocycles. The van der Waals surface area contributed by atoms with Gasteiger partial charge in [-0.1, -0.05) is 30.3 Å². The SMILES string of the molecule is O=C1c2ccccc2C(=O)N1c1ccc2cc(-c3ccc4c(c3)CCCC4)c(=O)oc2c1. The van der Waals surface area contributed by atoms with E-state index in [0.717, 1.165) is 28.7 Å². The van der Waals surface area contributed by atoms with Gasteiger partial charge in [-0.2, -0.15) is 0 Å². The van der Waals surface area contributed by atoms with Crippen LogP contribution in [0.25, 0.3) is 22.1 Å². The molecule has 5 nitrogen and oxygen atoms in total. The molecule has 2 heterocycles. The second-order valence-electron chi connectivity index (χ2n) is 8.35. The third kappa shape index (κ3) is 2.82. The molecule has 2 amide bonds. The Hall–Kier alpha value is -3.99. The summed E-state index contributed by atoms with van der Waals surface area (Å²) in [4.78, 5) is 39.5. The molecule has 1 aliphatic carbocycles. The van der Waals surface area contributed by atoms with Crippen molar-refractivity contribution in [2.24, 2.45) is 0 Å². The molecule has 4 aromatic rings. The first-order valence-corrected chi connectivity index (χ1v) is 10.8. The van der Waals surface area contributed by atoms with Gasteiger partial charge in [-0.3, -0.25) is 9.59 Å². The molecule has 2 aliphatic rings. The van der Waals surface area contributed by atoms with E-state index in [2.05, 4.69) is 12.1 Å². The van der Waals surface area contributed by atoms with Crippen molar-refractivity contribution in [2.75, 3.05) is 4.90 Å². The highest BCUT2D eigenvalue weighted by molar-refractivity contribution is 6.34. The molecule has 0 bridgehead atoms. The van der Waals surface area contributed by atoms with Crippen LogP contribution in [0.2, 0.25) is 0 Å². The molecule has 0 N–H and O–H groups in total. The van der Waals surface area contributed by atoms with Gasteiger partial charge in [0.2, 0.25) is 0 Å². The third-order valence-electron chi connectivity index (χ3n) is 6.43. The number of hydrogen-bond acceptors (Lipinski definition) is 4. The molecule has 0 fully saturated rings. The Labute approximate surface area is 183 Å². The number of imide groups is 1. The molecule has 0 radical (unpaired) electrons. The molecule has 156 valence electrons. The summed E-state index contributed by atoms with van der Waals surface area (Å²) < 4.78 is 5.63. The maximum atomic E-state index is 12.8. The lowest BCUT2D eigenvalue weighted by molar-refractivity contribution is 0.0926. The Bertz CT molecular complexity index is 1460. The molecule has 6 rings (SSSR count). The van der Waals surface area contributed by atoms with Gasteiger partial charge in [-0.05, 0) is 72.7 Å². The summed E-state index contributed by atoms with van der Waals surface area (Å²) in [6.45, 7) is 0. The van der Waals surface area contributed by atoms with Crippen LogP contribution >= 0.6 is 0 Å². The van der Waals surface area contributed by atoms with Gasteiger partial charge in [0.15, 0.2) is 0 Å². The molecule has 5 heteroatoms. The number of amides is 2. The maximum Gasteiger partial charge on any atom is 0.344 e. The minimum atomic E-state index is -0.437. The Morgan fingerprint density at radius 1 is 0.688 bits per heavy atom. The van der Waals surface area contributed by atoms with Crippen LogP contribution in [0.5, 0.6) is 0 Å². The van der Waals surface area contributed by atoms with Gasteiger partial charge in [0.1, 0.15) is 5.58 Å². The minimum absolute atomic E-state index is 0.339. The summed E-state index contributed by atoms with van der Waals surface area (Å²) in [6, 6.07) is 19.8. The van der Waals surface area contributed by atoms with Crippen LogP contribution in [0.3, 0.4) is 0 Å². The molecular formula is C27H19NO4. The van der Waals surface area contributed by atoms with Crippen LogP contribution in [-0.4, -0.2) is 11.8 Å². The zero-order valence-corrected chi connectivity index (χ0v) is 17.3. The fraction of sp³-hybridized carbons (Fsp3) is 0.148. The molecule has 0 saturated carbocycles. The minimum Gasteiger partial charge on any atom is -0.422 e. The summed E-state index contributed by atoms with van der Waals surface area (Å²) in [5.74, 6) is -0.754. The fourth-order valence-corrected chi connectivity index (χ4v) is 4.76. The van der Waals surface area contributed by atoms with Crippen molar-refractivity contribution in [3.8, 4) is 11.1 Å². The molecule has 32 heavy (non-hydrogen) atoms. The van der Waals surface area contributed by atoms with Crippen molar-refractivity contribution in [2.45, 2.75) is 25.7 Å². The summed E-state index contributed by atoms with van der Waals surface area (Å²) in [5, 5.41) is 0.734. The standard InChI is InChI=1S/C27H19NO4/c29-25-21-7-3-4-8-22(21)26(30)28(25)20-12-11-19-14-23(27(31)32-24(19)15-20)18-10-9-16-5-1-2-6-17(16)13-18/h3-4,7-15H,1-2,5-6H2. The van der Waals surface area contributed by atoms with Crippen molar-refractivity contribution >= 4 is 28.5 Å². The molecule has 0 saturated heterocycles. The molecule has 0 atom stereocenters. The summed E-state index contributed by atoms with van der Waals surface area (Å²) in [6.07, 6.45) is 4.50. The van der Waals surface area contributed by atoms with Crippen LogP contribution < -0.4 is 10.5 Å². The topological polar surface area (TPSA) is 67.6 Å². The van der Waals surface area contributed by atoms with E-state index in [1.165, 1.54) is 24.0 Å². The average Bonchev–Trinajstić information content (AvgIpc) is 3.08. The zero-order valence-electron chi connectivity index (χ0n) is 17.3. The van der Waals surface area contributed by atoms with Crippen molar-refractivity contribution in [1.82, 2.24) is 0 Å². The summed E-state index contributed by atoms with van der Waals surface area (Å²) in [5.41, 5.74) is 5.06. The van der Waals surface area contributed by atoms with Crippen LogP contribution in [0.4, 0.5) is 5.69 Å². The first-order chi connectivity index (χ1) is 15.6. The molecule has 0 spiro atoms. The average molecular weight is 421 g/mol. The molecule has 3 aromatic carbocycles. The number of anilines is 1. The van der Waals surface area contributed by atoms with Gasteiger partial charge in [0, 0.05) is 11.5 Å². The van der Waals surface area contributed by atoms with Gasteiger partial charge >= 0.3 is 5.63 Å². The quantitative estimate of drug-likeness (QED) is 0.332. The monoisotopic (exact) mass is 421 g/mol. The Kier molecular flexibility index (Phi) is 4.12. The van der Waals surface area contributed by atoms with Crippen LogP contribution in [0.15, 0.2) is 75.9 Å². The van der Waals surface area contributed by atoms with E-state index in [-0.39, 0.29) is 11.8 Å². The van der Waals surface area contributed by atoms with E-state index in [9.17, 15) is 14.4 Å². The first-order valence-electron chi connectivity index (χ1n) is 10.8. The number of carbonyl (C=O) groups is 2. The smallest absolute Gasteiger partial charge is 0.344 e. The van der Waals surface area contributed by atoms with Gasteiger partial charge in [-0.15, -0.1) is 0 Å². The van der Waals surface area contributed by atoms with E-state index in [1.54, 1.807) is 42.5 Å². The third-order valence-corrected chi connectivity index (χ3v) is 6.43. The van der Waals surface area contributed by atoms with Crippen LogP contribution in [-0.2, 0) is 12.8 Å². The summed E-state index contributed by atoms with van der Waals surface area (Å²) >= 11 is 0. The van der Waals surface area contributed by atoms with Crippen molar-refractivity contribution in [3.05, 3.63) is 99.4 Å². The second kappa shape index (κ2) is 7.02. The predicted molar refractivity (Wildman–Crippen MR) is 122 cm³/mol. The largest absolute Gasteiger partial charge is 0.422 e. The van der Waals surface area contributed by atoms with Crippen molar-refractivity contribution < 1.29 is 14.0 Å². The van der Waals surface area contributed by atoms with Crippen LogP contribution in [0, 0.1) is 0 Å². The van der Waals surface area contributed by atoms with Crippen LogP contribution in [0.1, 0.15) is 44.7 Å². The van der Waals surface area contributed by atoms with E-state index in [4.69, 9.17) is 4.42 Å². The van der Waals surface area contributed by atoms with Gasteiger partial charge in [0.25, 0.3) is 11.8 Å². The predicted octanol–water partition coefficient (Wildman–Crippen LogP) is 5.14. The van der Waals surface area contributed by atoms with Gasteiger partial charge in [0.05, 0.1) is 22.4 Å². The lowest BCUT2D eigenvalue weighted by Crippen LogP contribution is -2.29. The number of aryl methyl sites for hydroxylation is 2. The number of rotatable bonds is 2. The summed E-state index contributed by atoms with van der Waals surface area (Å²) in [7, 11) is 0. The maximum absolute atomic E-state index is 12.8. The molecular weight excluding hydrogens is 402 g/mol. The highest BCUT2D eigenvalue weighted by Crippen LogP contribution is 2.32. The number of carbonyl (C=O) groups excluding carboxylic acids is 2. The Morgan fingerprint density at radius 3 is 2.16 bits per heavy atom. The first kappa shape index (κ1) is 18.8. The Morgan fingerprint density at radius 2 is 1.41 bits per heavy atom. The highest BCUT2D eigenvalue weighted by Gasteiger charge is 2.36. The number of fused-ring (bicyclic) bond motifs is 3. The van der Waals surface area contributed by atoms with E-state index >= 15 is 0 Å². The second-order valence-corrected chi connectivity index (χ2v) is 8.35. The lowest BCUT2D eigenvalue weighted by atomic mass is 9.89. The van der Waals surface area contributed by atoms with Gasteiger partial charge in [-0.25, -0.2) is 9.69 Å². The number of nitrogens with zero attached hydrogens (tertiary/aromatic N) is 1. The van der Waals surface area contributed by atoms with Crippen molar-refractivity contribution in [1.29, 1.82) is 0 Å². The molecule has 1 aliphatic heterocycles. The normalized spacial score (nSPS) is 15.2. The molecule has 0 unspecified atom stereocenters. The number of hydrogen-bond donors (Lipinski definition) is 0. The van der Waals surface area contributed by atoms with E-state index in [1.807, 2.05) is 12.1 Å². The fourth-order valence-electron chi connectivity index (χ4n) is 4.76.